The fraction of sp³-hybridized carbons (Fsp3) is 0.353. The van der Waals surface area contributed by atoms with Crippen molar-refractivity contribution in [1.29, 1.82) is 0 Å². The van der Waals surface area contributed by atoms with Gasteiger partial charge in [0, 0.05) is 12.5 Å². The Hall–Kier alpha value is -2.83. The van der Waals surface area contributed by atoms with Crippen molar-refractivity contribution in [3.8, 4) is 5.75 Å². The van der Waals surface area contributed by atoms with Gasteiger partial charge >= 0.3 is 5.97 Å². The molecule has 0 saturated carbocycles. The highest BCUT2D eigenvalue weighted by Crippen LogP contribution is 2.13. The van der Waals surface area contributed by atoms with E-state index in [0.29, 0.717) is 12.1 Å². The largest absolute Gasteiger partial charge is 0.497 e. The molecule has 1 N–H and O–H groups in total. The number of amides is 1. The maximum atomic E-state index is 11.9. The fourth-order valence-corrected chi connectivity index (χ4v) is 1.99. The molecule has 0 aliphatic heterocycles. The minimum atomic E-state index is -0.918. The summed E-state index contributed by atoms with van der Waals surface area (Å²) in [4.78, 5) is 23.8. The van der Waals surface area contributed by atoms with Crippen molar-refractivity contribution in [2.45, 2.75) is 32.8 Å². The van der Waals surface area contributed by atoms with E-state index in [9.17, 15) is 9.59 Å². The SMILES string of the molecule is COc1ccc(CCC(=O)O[C@@H](C)C(=O)Nc2cc(C)no2)cc1. The first kappa shape index (κ1) is 17.5. The number of aromatic nitrogens is 1. The van der Waals surface area contributed by atoms with Gasteiger partial charge < -0.3 is 14.0 Å². The van der Waals surface area contributed by atoms with Crippen LogP contribution >= 0.6 is 0 Å². The molecule has 0 radical (unpaired) electrons. The van der Waals surface area contributed by atoms with Crippen LogP contribution in [0.3, 0.4) is 0 Å². The third kappa shape index (κ3) is 5.12. The van der Waals surface area contributed by atoms with Gasteiger partial charge in [0.1, 0.15) is 5.75 Å². The zero-order chi connectivity index (χ0) is 17.5. The second-order valence-corrected chi connectivity index (χ2v) is 5.30. The highest BCUT2D eigenvalue weighted by Gasteiger charge is 2.19. The lowest BCUT2D eigenvalue weighted by atomic mass is 10.1. The van der Waals surface area contributed by atoms with Crippen molar-refractivity contribution >= 4 is 17.8 Å². The summed E-state index contributed by atoms with van der Waals surface area (Å²) < 4.78 is 15.1. The minimum Gasteiger partial charge on any atom is -0.497 e. The number of nitrogens with one attached hydrogen (secondary N) is 1. The zero-order valence-electron chi connectivity index (χ0n) is 13.9. The van der Waals surface area contributed by atoms with E-state index < -0.39 is 18.0 Å². The first-order chi connectivity index (χ1) is 11.5. The number of anilines is 1. The minimum absolute atomic E-state index is 0.186. The molecule has 0 unspecified atom stereocenters. The van der Waals surface area contributed by atoms with Crippen LogP contribution in [-0.2, 0) is 20.7 Å². The Balaban J connectivity index is 1.77. The lowest BCUT2D eigenvalue weighted by Crippen LogP contribution is -2.29. The number of hydrogen-bond donors (Lipinski definition) is 1. The molecule has 0 bridgehead atoms. The van der Waals surface area contributed by atoms with Crippen LogP contribution in [0.4, 0.5) is 5.88 Å². The topological polar surface area (TPSA) is 90.7 Å². The second-order valence-electron chi connectivity index (χ2n) is 5.30. The maximum absolute atomic E-state index is 11.9. The third-order valence-electron chi connectivity index (χ3n) is 3.33. The summed E-state index contributed by atoms with van der Waals surface area (Å²) in [5.74, 6) is 0.0686. The summed E-state index contributed by atoms with van der Waals surface area (Å²) in [6.45, 7) is 3.24. The van der Waals surface area contributed by atoms with Crippen LogP contribution in [-0.4, -0.2) is 30.2 Å². The molecular weight excluding hydrogens is 312 g/mol. The Kier molecular flexibility index (Phi) is 5.95. The Morgan fingerprint density at radius 3 is 2.58 bits per heavy atom. The van der Waals surface area contributed by atoms with Gasteiger partial charge in [-0.05, 0) is 38.0 Å². The van der Waals surface area contributed by atoms with Crippen LogP contribution in [0.15, 0.2) is 34.9 Å². The molecule has 1 aromatic heterocycles. The van der Waals surface area contributed by atoms with E-state index in [4.69, 9.17) is 14.0 Å². The van der Waals surface area contributed by atoms with Crippen LogP contribution in [0.2, 0.25) is 0 Å². The molecule has 24 heavy (non-hydrogen) atoms. The lowest BCUT2D eigenvalue weighted by Gasteiger charge is -2.12. The molecular formula is C17H20N2O5. The quantitative estimate of drug-likeness (QED) is 0.783. The predicted octanol–water partition coefficient (Wildman–Crippen LogP) is 2.49. The van der Waals surface area contributed by atoms with Gasteiger partial charge in [0.2, 0.25) is 5.88 Å². The van der Waals surface area contributed by atoms with Crippen molar-refractivity contribution in [3.63, 3.8) is 0 Å². The molecule has 128 valence electrons. The number of rotatable bonds is 7. The first-order valence-corrected chi connectivity index (χ1v) is 7.54. The van der Waals surface area contributed by atoms with Crippen molar-refractivity contribution in [2.75, 3.05) is 12.4 Å². The number of carbonyl (C=O) groups excluding carboxylic acids is 2. The van der Waals surface area contributed by atoms with Gasteiger partial charge in [-0.25, -0.2) is 0 Å². The number of aryl methyl sites for hydroxylation is 2. The Bertz CT molecular complexity index is 693. The predicted molar refractivity (Wildman–Crippen MR) is 86.7 cm³/mol. The van der Waals surface area contributed by atoms with E-state index in [-0.39, 0.29) is 12.3 Å². The molecule has 1 amide bonds. The van der Waals surface area contributed by atoms with Crippen LogP contribution in [0.5, 0.6) is 5.75 Å². The number of benzene rings is 1. The second kappa shape index (κ2) is 8.14. The van der Waals surface area contributed by atoms with E-state index in [1.165, 1.54) is 6.92 Å². The van der Waals surface area contributed by atoms with Crippen molar-refractivity contribution in [2.24, 2.45) is 0 Å². The molecule has 0 fully saturated rings. The molecule has 1 heterocycles. The van der Waals surface area contributed by atoms with Gasteiger partial charge in [-0.3, -0.25) is 14.9 Å². The number of carbonyl (C=O) groups is 2. The Morgan fingerprint density at radius 2 is 2.00 bits per heavy atom. The zero-order valence-corrected chi connectivity index (χ0v) is 13.9. The summed E-state index contributed by atoms with van der Waals surface area (Å²) in [6.07, 6.45) is -0.206. The summed E-state index contributed by atoms with van der Waals surface area (Å²) in [5, 5.41) is 6.15. The fourth-order valence-electron chi connectivity index (χ4n) is 1.99. The Morgan fingerprint density at radius 1 is 1.29 bits per heavy atom. The van der Waals surface area contributed by atoms with Gasteiger partial charge in [-0.1, -0.05) is 17.3 Å². The number of esters is 1. The molecule has 0 aliphatic carbocycles. The summed E-state index contributed by atoms with van der Waals surface area (Å²) in [6, 6.07) is 9.01. The van der Waals surface area contributed by atoms with Crippen LogP contribution in [0, 0.1) is 6.92 Å². The molecule has 1 atom stereocenters. The normalized spacial score (nSPS) is 11.6. The van der Waals surface area contributed by atoms with Crippen LogP contribution in [0.1, 0.15) is 24.6 Å². The number of ether oxygens (including phenoxy) is 2. The third-order valence-corrected chi connectivity index (χ3v) is 3.33. The van der Waals surface area contributed by atoms with Crippen molar-refractivity contribution in [1.82, 2.24) is 5.16 Å². The van der Waals surface area contributed by atoms with E-state index in [2.05, 4.69) is 10.5 Å². The molecule has 0 aliphatic rings. The highest BCUT2D eigenvalue weighted by molar-refractivity contribution is 5.94. The number of nitrogens with zero attached hydrogens (tertiary/aromatic N) is 1. The van der Waals surface area contributed by atoms with Crippen molar-refractivity contribution in [3.05, 3.63) is 41.6 Å². The van der Waals surface area contributed by atoms with Gasteiger partial charge in [-0.15, -0.1) is 0 Å². The highest BCUT2D eigenvalue weighted by atomic mass is 16.5. The Labute approximate surface area is 139 Å². The molecule has 7 heteroatoms. The van der Waals surface area contributed by atoms with Gasteiger partial charge in [0.05, 0.1) is 12.8 Å². The molecule has 2 aromatic rings. The summed E-state index contributed by atoms with van der Waals surface area (Å²) in [5.41, 5.74) is 1.64. The molecule has 7 nitrogen and oxygen atoms in total. The van der Waals surface area contributed by atoms with E-state index in [1.807, 2.05) is 24.3 Å². The van der Waals surface area contributed by atoms with Gasteiger partial charge in [0.15, 0.2) is 6.10 Å². The molecule has 0 spiro atoms. The van der Waals surface area contributed by atoms with Gasteiger partial charge in [-0.2, -0.15) is 0 Å². The number of hydrogen-bond acceptors (Lipinski definition) is 6. The number of methoxy groups -OCH3 is 1. The van der Waals surface area contributed by atoms with E-state index >= 15 is 0 Å². The summed E-state index contributed by atoms with van der Waals surface area (Å²) in [7, 11) is 1.60. The maximum Gasteiger partial charge on any atom is 0.306 e. The standard InChI is InChI=1S/C17H20N2O5/c1-11-10-15(24-19-11)18-17(21)12(2)23-16(20)9-6-13-4-7-14(22-3)8-5-13/h4-5,7-8,10,12H,6,9H2,1-3H3,(H,18,21)/t12-/m0/s1. The first-order valence-electron chi connectivity index (χ1n) is 7.54. The molecule has 1 aromatic carbocycles. The van der Waals surface area contributed by atoms with Crippen LogP contribution in [0.25, 0.3) is 0 Å². The monoisotopic (exact) mass is 332 g/mol. The van der Waals surface area contributed by atoms with E-state index in [0.717, 1.165) is 11.3 Å². The summed E-state index contributed by atoms with van der Waals surface area (Å²) >= 11 is 0. The van der Waals surface area contributed by atoms with Gasteiger partial charge in [0.25, 0.3) is 5.91 Å². The van der Waals surface area contributed by atoms with E-state index in [1.54, 1.807) is 20.1 Å². The molecule has 2 rings (SSSR count). The molecule has 0 saturated heterocycles. The average molecular weight is 332 g/mol. The lowest BCUT2D eigenvalue weighted by molar-refractivity contribution is -0.153. The smallest absolute Gasteiger partial charge is 0.306 e. The van der Waals surface area contributed by atoms with Crippen molar-refractivity contribution < 1.29 is 23.6 Å². The van der Waals surface area contributed by atoms with Crippen LogP contribution < -0.4 is 10.1 Å². The average Bonchev–Trinajstić information content (AvgIpc) is 2.98.